The third kappa shape index (κ3) is 4.63. The maximum atomic E-state index is 10.8. The molecule has 3 heteroatoms. The lowest BCUT2D eigenvalue weighted by atomic mass is 9.89. The highest BCUT2D eigenvalue weighted by molar-refractivity contribution is 4.66. The predicted molar refractivity (Wildman–Crippen MR) is 61.5 cm³/mol. The van der Waals surface area contributed by atoms with Crippen LogP contribution < -0.4 is 0 Å². The molecule has 1 aliphatic carbocycles. The molecule has 1 fully saturated rings. The van der Waals surface area contributed by atoms with Crippen LogP contribution in [0.3, 0.4) is 0 Å². The quantitative estimate of drug-likeness (QED) is 0.517. The van der Waals surface area contributed by atoms with Gasteiger partial charge in [0.2, 0.25) is 6.04 Å². The van der Waals surface area contributed by atoms with Crippen molar-refractivity contribution < 1.29 is 4.92 Å². The number of hydrogen-bond donors (Lipinski definition) is 0. The molecule has 1 aliphatic rings. The fraction of sp³-hybridized carbons (Fsp3) is 1.00. The summed E-state index contributed by atoms with van der Waals surface area (Å²) in [5, 5.41) is 10.8. The van der Waals surface area contributed by atoms with Gasteiger partial charge in [-0.05, 0) is 18.8 Å². The molecular weight excluding hydrogens is 190 g/mol. The average molecular weight is 213 g/mol. The lowest BCUT2D eigenvalue weighted by Gasteiger charge is -2.18. The second kappa shape index (κ2) is 6.81. The van der Waals surface area contributed by atoms with Crippen LogP contribution in [0.4, 0.5) is 0 Å². The van der Waals surface area contributed by atoms with Gasteiger partial charge in [0.25, 0.3) is 0 Å². The molecule has 15 heavy (non-hydrogen) atoms. The summed E-state index contributed by atoms with van der Waals surface area (Å²) in [6, 6.07) is -0.267. The fourth-order valence-electron chi connectivity index (χ4n) is 2.50. The Balaban J connectivity index is 2.44. The van der Waals surface area contributed by atoms with Gasteiger partial charge in [0.1, 0.15) is 0 Å². The Morgan fingerprint density at radius 2 is 1.73 bits per heavy atom. The lowest BCUT2D eigenvalue weighted by molar-refractivity contribution is -0.524. The first kappa shape index (κ1) is 12.5. The van der Waals surface area contributed by atoms with Crippen molar-refractivity contribution in [3.8, 4) is 0 Å². The van der Waals surface area contributed by atoms with E-state index in [0.717, 1.165) is 31.6 Å². The van der Waals surface area contributed by atoms with Crippen LogP contribution in [0.25, 0.3) is 0 Å². The van der Waals surface area contributed by atoms with Crippen molar-refractivity contribution in [3.63, 3.8) is 0 Å². The molecule has 88 valence electrons. The first-order valence-corrected chi connectivity index (χ1v) is 6.37. The molecule has 2 unspecified atom stereocenters. The molecule has 1 saturated carbocycles. The Morgan fingerprint density at radius 1 is 1.07 bits per heavy atom. The van der Waals surface area contributed by atoms with Gasteiger partial charge in [-0.3, -0.25) is 10.1 Å². The molecule has 3 nitrogen and oxygen atoms in total. The van der Waals surface area contributed by atoms with E-state index in [1.807, 2.05) is 0 Å². The first-order valence-electron chi connectivity index (χ1n) is 6.37. The molecule has 0 aromatic rings. The largest absolute Gasteiger partial charge is 0.264 e. The van der Waals surface area contributed by atoms with Gasteiger partial charge in [-0.25, -0.2) is 0 Å². The summed E-state index contributed by atoms with van der Waals surface area (Å²) in [5.74, 6) is 0.727. The third-order valence-corrected chi connectivity index (χ3v) is 3.68. The van der Waals surface area contributed by atoms with Crippen molar-refractivity contribution in [2.24, 2.45) is 5.92 Å². The monoisotopic (exact) mass is 213 g/mol. The van der Waals surface area contributed by atoms with E-state index in [4.69, 9.17) is 0 Å². The molecule has 0 aromatic heterocycles. The van der Waals surface area contributed by atoms with E-state index >= 15 is 0 Å². The summed E-state index contributed by atoms with van der Waals surface area (Å²) in [6.07, 6.45) is 9.92. The van der Waals surface area contributed by atoms with E-state index in [1.165, 1.54) is 32.1 Å². The van der Waals surface area contributed by atoms with Gasteiger partial charge in [0.15, 0.2) is 0 Å². The second-order valence-electron chi connectivity index (χ2n) is 4.78. The second-order valence-corrected chi connectivity index (χ2v) is 4.78. The van der Waals surface area contributed by atoms with Gasteiger partial charge in [-0.2, -0.15) is 0 Å². The van der Waals surface area contributed by atoms with Crippen LogP contribution in [0.5, 0.6) is 0 Å². The van der Waals surface area contributed by atoms with Gasteiger partial charge in [-0.15, -0.1) is 0 Å². The van der Waals surface area contributed by atoms with Crippen LogP contribution in [0.1, 0.15) is 64.7 Å². The first-order chi connectivity index (χ1) is 7.24. The highest BCUT2D eigenvalue weighted by Crippen LogP contribution is 2.24. The number of nitro groups is 1. The maximum absolute atomic E-state index is 10.8. The van der Waals surface area contributed by atoms with Crippen LogP contribution >= 0.6 is 0 Å². The van der Waals surface area contributed by atoms with Crippen LogP contribution in [0, 0.1) is 16.0 Å². The third-order valence-electron chi connectivity index (χ3n) is 3.68. The topological polar surface area (TPSA) is 43.1 Å². The Morgan fingerprint density at radius 3 is 2.33 bits per heavy atom. The van der Waals surface area contributed by atoms with Crippen LogP contribution in [0.15, 0.2) is 0 Å². The maximum Gasteiger partial charge on any atom is 0.213 e. The van der Waals surface area contributed by atoms with Gasteiger partial charge in [0, 0.05) is 17.8 Å². The van der Waals surface area contributed by atoms with Crippen molar-refractivity contribution >= 4 is 0 Å². The predicted octanol–water partition coefficient (Wildman–Crippen LogP) is 3.79. The van der Waals surface area contributed by atoms with E-state index in [0.29, 0.717) is 0 Å². The Kier molecular flexibility index (Phi) is 5.66. The van der Waals surface area contributed by atoms with Crippen molar-refractivity contribution in [2.75, 3.05) is 0 Å². The molecule has 0 bridgehead atoms. The number of nitrogens with zero attached hydrogens (tertiary/aromatic N) is 1. The minimum atomic E-state index is -0.267. The normalized spacial score (nSPS) is 29.7. The molecule has 0 aromatic carbocycles. The van der Waals surface area contributed by atoms with Crippen LogP contribution in [-0.2, 0) is 0 Å². The highest BCUT2D eigenvalue weighted by Gasteiger charge is 2.21. The summed E-state index contributed by atoms with van der Waals surface area (Å²) < 4.78 is 0. The van der Waals surface area contributed by atoms with E-state index in [9.17, 15) is 10.1 Å². The summed E-state index contributed by atoms with van der Waals surface area (Å²) >= 11 is 0. The molecule has 2 atom stereocenters. The Labute approximate surface area is 92.4 Å². The summed E-state index contributed by atoms with van der Waals surface area (Å²) in [7, 11) is 0. The van der Waals surface area contributed by atoms with E-state index in [-0.39, 0.29) is 11.0 Å². The van der Waals surface area contributed by atoms with E-state index < -0.39 is 0 Å². The Bertz CT molecular complexity index is 194. The smallest absolute Gasteiger partial charge is 0.213 e. The van der Waals surface area contributed by atoms with Crippen molar-refractivity contribution in [1.82, 2.24) is 0 Å². The van der Waals surface area contributed by atoms with Crippen molar-refractivity contribution in [1.29, 1.82) is 0 Å². The van der Waals surface area contributed by atoms with E-state index in [2.05, 4.69) is 6.92 Å². The number of rotatable bonds is 2. The SMILES string of the molecule is CCC1CCCCCCC([N+](=O)[O-])CC1. The molecule has 0 N–H and O–H groups in total. The van der Waals surface area contributed by atoms with Crippen molar-refractivity contribution in [3.05, 3.63) is 10.1 Å². The average Bonchev–Trinajstić information content (AvgIpc) is 2.24. The Hall–Kier alpha value is -0.600. The molecule has 1 rings (SSSR count). The van der Waals surface area contributed by atoms with Gasteiger partial charge in [-0.1, -0.05) is 39.0 Å². The summed E-state index contributed by atoms with van der Waals surface area (Å²) in [6.45, 7) is 2.21. The minimum absolute atomic E-state index is 0.0612. The molecule has 0 spiro atoms. The standard InChI is InChI=1S/C12H23NO2/c1-2-11-7-5-3-4-6-8-12(10-9-11)13(14)15/h11-12H,2-10H2,1H3. The lowest BCUT2D eigenvalue weighted by Crippen LogP contribution is -2.21. The molecule has 0 amide bonds. The zero-order valence-corrected chi connectivity index (χ0v) is 9.78. The van der Waals surface area contributed by atoms with Gasteiger partial charge < -0.3 is 0 Å². The zero-order valence-electron chi connectivity index (χ0n) is 9.78. The molecule has 0 aliphatic heterocycles. The minimum Gasteiger partial charge on any atom is -0.264 e. The number of hydrogen-bond acceptors (Lipinski definition) is 2. The molecule has 0 radical (unpaired) electrons. The fourth-order valence-corrected chi connectivity index (χ4v) is 2.50. The van der Waals surface area contributed by atoms with Crippen LogP contribution in [-0.4, -0.2) is 11.0 Å². The molecule has 0 saturated heterocycles. The summed E-state index contributed by atoms with van der Waals surface area (Å²) in [5.41, 5.74) is 0. The van der Waals surface area contributed by atoms with E-state index in [1.54, 1.807) is 0 Å². The summed E-state index contributed by atoms with van der Waals surface area (Å²) in [4.78, 5) is 10.8. The highest BCUT2D eigenvalue weighted by atomic mass is 16.6. The zero-order chi connectivity index (χ0) is 11.1. The molecular formula is C12H23NO2. The van der Waals surface area contributed by atoms with Crippen LogP contribution in [0.2, 0.25) is 0 Å². The van der Waals surface area contributed by atoms with Gasteiger partial charge in [0.05, 0.1) is 0 Å². The molecule has 0 heterocycles. The van der Waals surface area contributed by atoms with Crippen molar-refractivity contribution in [2.45, 2.75) is 70.8 Å². The van der Waals surface area contributed by atoms with Gasteiger partial charge >= 0.3 is 0 Å².